The lowest BCUT2D eigenvalue weighted by atomic mass is 9.99. The van der Waals surface area contributed by atoms with Gasteiger partial charge in [0.05, 0.1) is 26.4 Å². The van der Waals surface area contributed by atoms with Gasteiger partial charge in [0.15, 0.2) is 12.2 Å². The van der Waals surface area contributed by atoms with Crippen LogP contribution in [0.1, 0.15) is 427 Å². The van der Waals surface area contributed by atoms with Gasteiger partial charge in [-0.05, 0) is 37.5 Å². The van der Waals surface area contributed by atoms with Crippen LogP contribution in [0.5, 0.6) is 0 Å². The number of phosphoric ester groups is 2. The Morgan fingerprint density at radius 1 is 0.290 bits per heavy atom. The third kappa shape index (κ3) is 73.0. The third-order valence-corrected chi connectivity index (χ3v) is 21.2. The molecule has 3 unspecified atom stereocenters. The molecule has 0 bridgehead atoms. The van der Waals surface area contributed by atoms with E-state index in [9.17, 15) is 43.2 Å². The Morgan fingerprint density at radius 3 is 0.760 bits per heavy atom. The third-order valence-electron chi connectivity index (χ3n) is 19.3. The van der Waals surface area contributed by atoms with Crippen LogP contribution in [0.25, 0.3) is 0 Å². The first-order valence-electron chi connectivity index (χ1n) is 42.0. The minimum absolute atomic E-state index is 0.108. The van der Waals surface area contributed by atoms with Crippen molar-refractivity contribution in [3.05, 3.63) is 0 Å². The van der Waals surface area contributed by atoms with Crippen molar-refractivity contribution in [1.29, 1.82) is 0 Å². The van der Waals surface area contributed by atoms with E-state index in [-0.39, 0.29) is 25.7 Å². The highest BCUT2D eigenvalue weighted by Crippen LogP contribution is 2.45. The second kappa shape index (κ2) is 72.6. The first-order valence-corrected chi connectivity index (χ1v) is 45.0. The fraction of sp³-hybridized carbons (Fsp3) is 0.951. The van der Waals surface area contributed by atoms with Crippen LogP contribution >= 0.6 is 15.6 Å². The summed E-state index contributed by atoms with van der Waals surface area (Å²) >= 11 is 0. The summed E-state index contributed by atoms with van der Waals surface area (Å²) in [4.78, 5) is 73.0. The maximum Gasteiger partial charge on any atom is 0.472 e. The van der Waals surface area contributed by atoms with Crippen molar-refractivity contribution in [2.24, 2.45) is 11.8 Å². The van der Waals surface area contributed by atoms with Crippen molar-refractivity contribution in [3.63, 3.8) is 0 Å². The van der Waals surface area contributed by atoms with Crippen LogP contribution in [0.4, 0.5) is 0 Å². The lowest BCUT2D eigenvalue weighted by molar-refractivity contribution is -0.161. The van der Waals surface area contributed by atoms with Gasteiger partial charge < -0.3 is 33.8 Å². The second-order valence-electron chi connectivity index (χ2n) is 29.9. The number of hydrogen-bond acceptors (Lipinski definition) is 15. The Labute approximate surface area is 613 Å². The number of phosphoric acid groups is 2. The van der Waals surface area contributed by atoms with E-state index in [4.69, 9.17) is 37.0 Å². The van der Waals surface area contributed by atoms with Gasteiger partial charge >= 0.3 is 39.5 Å². The van der Waals surface area contributed by atoms with Crippen LogP contribution in [0, 0.1) is 11.8 Å². The highest BCUT2D eigenvalue weighted by atomic mass is 31.2. The van der Waals surface area contributed by atoms with Crippen molar-refractivity contribution in [1.82, 2.24) is 0 Å². The van der Waals surface area contributed by atoms with Gasteiger partial charge in [-0.3, -0.25) is 37.3 Å². The molecule has 0 saturated carbocycles. The predicted octanol–water partition coefficient (Wildman–Crippen LogP) is 24.3. The number of unbranched alkanes of at least 4 members (excludes halogenated alkanes) is 49. The summed E-state index contributed by atoms with van der Waals surface area (Å²) < 4.78 is 68.7. The molecule has 100 heavy (non-hydrogen) atoms. The second-order valence-corrected chi connectivity index (χ2v) is 32.8. The summed E-state index contributed by atoms with van der Waals surface area (Å²) in [5, 5.41) is 10.6. The van der Waals surface area contributed by atoms with Crippen LogP contribution in [-0.2, 0) is 65.4 Å². The Kier molecular flexibility index (Phi) is 71.2. The van der Waals surface area contributed by atoms with Gasteiger partial charge in [-0.2, -0.15) is 0 Å². The molecule has 0 rings (SSSR count). The Balaban J connectivity index is 5.23. The van der Waals surface area contributed by atoms with Crippen LogP contribution in [-0.4, -0.2) is 96.7 Å². The minimum atomic E-state index is -4.96. The number of aliphatic hydroxyl groups excluding tert-OH is 1. The molecule has 0 fully saturated rings. The smallest absolute Gasteiger partial charge is 0.462 e. The molecule has 0 amide bonds. The van der Waals surface area contributed by atoms with Crippen molar-refractivity contribution >= 4 is 39.5 Å². The average Bonchev–Trinajstić information content (AvgIpc) is 1.00. The standard InChI is InChI=1S/C81H158O17P2/c1-7-10-12-14-16-18-20-28-33-41-47-53-59-65-80(85)97-76(69-91-78(83)63-57-51-45-39-32-21-19-17-15-13-11-8-2)71-95-99(87,88)93-67-75(82)68-94-100(89,90)96-72-77(70-92-79(84)64-58-52-46-40-36-35-38-44-50-56-62-74(6)9-3)98-81(86)66-60-54-48-42-34-30-27-25-23-22-24-26-29-31-37-43-49-55-61-73(4)5/h73-77,82H,7-72H2,1-6H3,(H,87,88)(H,89,90)/t74?,75-,76+,77+/m0/s1. The van der Waals surface area contributed by atoms with E-state index in [0.29, 0.717) is 25.7 Å². The van der Waals surface area contributed by atoms with Gasteiger partial charge in [0, 0.05) is 25.7 Å². The number of hydrogen-bond donors (Lipinski definition) is 3. The van der Waals surface area contributed by atoms with E-state index >= 15 is 0 Å². The molecule has 0 aromatic heterocycles. The van der Waals surface area contributed by atoms with E-state index in [1.165, 1.54) is 244 Å². The first-order chi connectivity index (χ1) is 48.4. The SMILES string of the molecule is CCCCCCCCCCCCCCCC(=O)O[C@H](COC(=O)CCCCCCCCCCCCCC)COP(=O)(O)OC[C@H](O)COP(=O)(O)OC[C@@H](COC(=O)CCCCCCCCCCCCC(C)CC)OC(=O)CCCCCCCCCCCCCCCCCCCCC(C)C. The lowest BCUT2D eigenvalue weighted by Gasteiger charge is -2.21. The summed E-state index contributed by atoms with van der Waals surface area (Å²) in [5.41, 5.74) is 0. The molecule has 0 aromatic rings. The van der Waals surface area contributed by atoms with Crippen LogP contribution in [0.2, 0.25) is 0 Å². The van der Waals surface area contributed by atoms with E-state index in [1.807, 2.05) is 0 Å². The van der Waals surface area contributed by atoms with Gasteiger partial charge in [0.1, 0.15) is 19.3 Å². The summed E-state index contributed by atoms with van der Waals surface area (Å²) in [6.45, 7) is 9.70. The highest BCUT2D eigenvalue weighted by Gasteiger charge is 2.30. The Morgan fingerprint density at radius 2 is 0.510 bits per heavy atom. The number of aliphatic hydroxyl groups is 1. The van der Waals surface area contributed by atoms with Crippen molar-refractivity contribution in [2.45, 2.75) is 445 Å². The molecule has 594 valence electrons. The van der Waals surface area contributed by atoms with Gasteiger partial charge in [0.25, 0.3) is 0 Å². The largest absolute Gasteiger partial charge is 0.472 e. The molecule has 0 aliphatic heterocycles. The van der Waals surface area contributed by atoms with E-state index in [1.54, 1.807) is 0 Å². The number of carbonyl (C=O) groups is 4. The molecule has 0 heterocycles. The number of rotatable bonds is 80. The molecule has 0 aromatic carbocycles. The maximum atomic E-state index is 13.1. The number of esters is 4. The van der Waals surface area contributed by atoms with Crippen LogP contribution in [0.3, 0.4) is 0 Å². The van der Waals surface area contributed by atoms with E-state index < -0.39 is 97.5 Å². The number of carbonyl (C=O) groups excluding carboxylic acids is 4. The zero-order valence-corrected chi connectivity index (χ0v) is 67.3. The normalized spacial score (nSPS) is 14.2. The summed E-state index contributed by atoms with van der Waals surface area (Å²) in [7, 11) is -9.92. The molecule has 0 radical (unpaired) electrons. The van der Waals surface area contributed by atoms with Crippen LogP contribution in [0.15, 0.2) is 0 Å². The van der Waals surface area contributed by atoms with E-state index in [2.05, 4.69) is 41.5 Å². The van der Waals surface area contributed by atoms with Crippen molar-refractivity contribution in [2.75, 3.05) is 39.6 Å². The van der Waals surface area contributed by atoms with Gasteiger partial charge in [-0.15, -0.1) is 0 Å². The zero-order chi connectivity index (χ0) is 73.5. The molecule has 0 aliphatic carbocycles. The summed E-state index contributed by atoms with van der Waals surface area (Å²) in [6, 6.07) is 0. The summed E-state index contributed by atoms with van der Waals surface area (Å²) in [5.74, 6) is -0.477. The topological polar surface area (TPSA) is 237 Å². The molecule has 0 aliphatic rings. The molecular weight excluding hydrogens is 1310 g/mol. The average molecular weight is 1470 g/mol. The molecular formula is C81H158O17P2. The highest BCUT2D eigenvalue weighted by molar-refractivity contribution is 7.47. The molecule has 17 nitrogen and oxygen atoms in total. The fourth-order valence-corrected chi connectivity index (χ4v) is 14.1. The lowest BCUT2D eigenvalue weighted by Crippen LogP contribution is -2.30. The molecule has 19 heteroatoms. The minimum Gasteiger partial charge on any atom is -0.462 e. The van der Waals surface area contributed by atoms with Crippen molar-refractivity contribution in [3.8, 4) is 0 Å². The molecule has 3 N–H and O–H groups in total. The molecule has 0 saturated heterocycles. The van der Waals surface area contributed by atoms with Gasteiger partial charge in [-0.1, -0.05) is 375 Å². The van der Waals surface area contributed by atoms with E-state index in [0.717, 1.165) is 102 Å². The first kappa shape index (κ1) is 98.1. The molecule has 6 atom stereocenters. The Hall–Kier alpha value is -1.94. The van der Waals surface area contributed by atoms with Crippen LogP contribution < -0.4 is 0 Å². The number of ether oxygens (including phenoxy) is 4. The van der Waals surface area contributed by atoms with Crippen molar-refractivity contribution < 1.29 is 80.2 Å². The fourth-order valence-electron chi connectivity index (χ4n) is 12.5. The summed E-state index contributed by atoms with van der Waals surface area (Å²) in [6.07, 6.45) is 62.2. The monoisotopic (exact) mass is 1470 g/mol. The zero-order valence-electron chi connectivity index (χ0n) is 65.5. The Bertz CT molecular complexity index is 1930. The van der Waals surface area contributed by atoms with Gasteiger partial charge in [0.2, 0.25) is 0 Å². The quantitative estimate of drug-likeness (QED) is 0.0222. The predicted molar refractivity (Wildman–Crippen MR) is 409 cm³/mol. The van der Waals surface area contributed by atoms with Gasteiger partial charge in [-0.25, -0.2) is 9.13 Å². The maximum absolute atomic E-state index is 13.1. The molecule has 0 spiro atoms.